The van der Waals surface area contributed by atoms with E-state index in [4.69, 9.17) is 0 Å². The van der Waals surface area contributed by atoms with Gasteiger partial charge in [0.2, 0.25) is 11.2 Å². The van der Waals surface area contributed by atoms with Crippen molar-refractivity contribution in [3.8, 4) is 0 Å². The van der Waals surface area contributed by atoms with Gasteiger partial charge in [0.05, 0.1) is 5.56 Å². The molecule has 1 aliphatic rings. The number of aryl methyl sites for hydroxylation is 1. The van der Waals surface area contributed by atoms with Crippen LogP contribution in [0.4, 0.5) is 5.82 Å². The molecule has 0 saturated carbocycles. The van der Waals surface area contributed by atoms with Gasteiger partial charge in [0, 0.05) is 55.5 Å². The molecule has 0 unspecified atom stereocenters. The first-order valence-corrected chi connectivity index (χ1v) is 9.44. The summed E-state index contributed by atoms with van der Waals surface area (Å²) < 4.78 is 1.91. The standard InChI is InChI=1S/C20H19N7O2/c1-13-23-24-19-18(21-6-7-27(13)19)25-8-10-26(11-9-25)20(29)15-12-17(28)22-16-5-3-2-4-14(15)16/h2-7,12H,8-11H2,1H3,(H,22,28). The largest absolute Gasteiger partial charge is 0.350 e. The number of piperazine rings is 1. The molecular weight excluding hydrogens is 370 g/mol. The molecule has 1 saturated heterocycles. The van der Waals surface area contributed by atoms with E-state index in [2.05, 4.69) is 25.1 Å². The molecule has 0 aliphatic carbocycles. The molecule has 146 valence electrons. The van der Waals surface area contributed by atoms with Crippen LogP contribution in [0.2, 0.25) is 0 Å². The lowest BCUT2D eigenvalue weighted by Gasteiger charge is -2.35. The third-order valence-electron chi connectivity index (χ3n) is 5.33. The maximum atomic E-state index is 13.1. The molecule has 9 nitrogen and oxygen atoms in total. The number of aromatic nitrogens is 5. The molecule has 29 heavy (non-hydrogen) atoms. The van der Waals surface area contributed by atoms with Gasteiger partial charge in [0.1, 0.15) is 5.82 Å². The van der Waals surface area contributed by atoms with Gasteiger partial charge in [-0.05, 0) is 13.0 Å². The van der Waals surface area contributed by atoms with Crippen molar-refractivity contribution in [2.24, 2.45) is 0 Å². The first kappa shape index (κ1) is 17.4. The van der Waals surface area contributed by atoms with Gasteiger partial charge in [-0.25, -0.2) is 4.98 Å². The Morgan fingerprint density at radius 2 is 1.90 bits per heavy atom. The second-order valence-corrected chi connectivity index (χ2v) is 7.06. The Bertz CT molecular complexity index is 1280. The fourth-order valence-corrected chi connectivity index (χ4v) is 3.82. The zero-order valence-electron chi connectivity index (χ0n) is 15.9. The number of H-pyrrole nitrogens is 1. The fourth-order valence-electron chi connectivity index (χ4n) is 3.82. The molecule has 4 aromatic rings. The van der Waals surface area contributed by atoms with E-state index in [0.717, 1.165) is 17.0 Å². The van der Waals surface area contributed by atoms with E-state index in [0.29, 0.717) is 42.9 Å². The third kappa shape index (κ3) is 2.91. The maximum Gasteiger partial charge on any atom is 0.254 e. The second kappa shape index (κ2) is 6.69. The molecule has 4 heterocycles. The van der Waals surface area contributed by atoms with Gasteiger partial charge in [0.25, 0.3) is 5.91 Å². The van der Waals surface area contributed by atoms with E-state index >= 15 is 0 Å². The summed E-state index contributed by atoms with van der Waals surface area (Å²) in [6, 6.07) is 8.75. The number of hydrogen-bond donors (Lipinski definition) is 1. The van der Waals surface area contributed by atoms with Crippen LogP contribution in [0.15, 0.2) is 47.5 Å². The van der Waals surface area contributed by atoms with Gasteiger partial charge in [-0.1, -0.05) is 18.2 Å². The van der Waals surface area contributed by atoms with Crippen molar-refractivity contribution >= 4 is 28.3 Å². The molecular formula is C20H19N7O2. The molecule has 5 rings (SSSR count). The summed E-state index contributed by atoms with van der Waals surface area (Å²) in [7, 11) is 0. The monoisotopic (exact) mass is 389 g/mol. The highest BCUT2D eigenvalue weighted by Gasteiger charge is 2.26. The molecule has 0 bridgehead atoms. The Hall–Kier alpha value is -3.75. The molecule has 1 fully saturated rings. The molecule has 0 radical (unpaired) electrons. The van der Waals surface area contributed by atoms with Gasteiger partial charge >= 0.3 is 0 Å². The summed E-state index contributed by atoms with van der Waals surface area (Å²) in [6.07, 6.45) is 3.57. The van der Waals surface area contributed by atoms with Crippen LogP contribution < -0.4 is 10.5 Å². The fraction of sp³-hybridized carbons (Fsp3) is 0.250. The minimum Gasteiger partial charge on any atom is -0.350 e. The number of rotatable bonds is 2. The lowest BCUT2D eigenvalue weighted by atomic mass is 10.1. The van der Waals surface area contributed by atoms with Gasteiger partial charge in [0.15, 0.2) is 5.82 Å². The summed E-state index contributed by atoms with van der Waals surface area (Å²) in [4.78, 5) is 36.3. The lowest BCUT2D eigenvalue weighted by Crippen LogP contribution is -2.49. The number of benzene rings is 1. The number of anilines is 1. The van der Waals surface area contributed by atoms with Crippen molar-refractivity contribution < 1.29 is 4.79 Å². The van der Waals surface area contributed by atoms with Crippen LogP contribution in [-0.4, -0.2) is 61.6 Å². The minimum atomic E-state index is -0.274. The molecule has 0 spiro atoms. The average molecular weight is 389 g/mol. The van der Waals surface area contributed by atoms with Crippen LogP contribution in [0.3, 0.4) is 0 Å². The van der Waals surface area contributed by atoms with Crippen LogP contribution in [0.1, 0.15) is 16.2 Å². The first-order valence-electron chi connectivity index (χ1n) is 9.44. The predicted molar refractivity (Wildman–Crippen MR) is 108 cm³/mol. The molecule has 1 aliphatic heterocycles. The van der Waals surface area contributed by atoms with E-state index < -0.39 is 0 Å². The Morgan fingerprint density at radius 3 is 2.72 bits per heavy atom. The Labute approximate surface area is 165 Å². The van der Waals surface area contributed by atoms with Crippen LogP contribution in [0, 0.1) is 6.92 Å². The number of hydrogen-bond acceptors (Lipinski definition) is 6. The Kier molecular flexibility index (Phi) is 4.01. The van der Waals surface area contributed by atoms with Crippen LogP contribution in [0.5, 0.6) is 0 Å². The average Bonchev–Trinajstić information content (AvgIpc) is 3.14. The zero-order chi connectivity index (χ0) is 20.0. The van der Waals surface area contributed by atoms with Crippen molar-refractivity contribution in [2.75, 3.05) is 31.1 Å². The van der Waals surface area contributed by atoms with Crippen molar-refractivity contribution in [3.63, 3.8) is 0 Å². The second-order valence-electron chi connectivity index (χ2n) is 7.06. The molecule has 1 N–H and O–H groups in total. The van der Waals surface area contributed by atoms with Gasteiger partial charge in [-0.2, -0.15) is 0 Å². The SMILES string of the molecule is Cc1nnc2c(N3CCN(C(=O)c4cc(=O)[nH]c5ccccc45)CC3)nccn12. The van der Waals surface area contributed by atoms with Gasteiger partial charge in [-0.15, -0.1) is 10.2 Å². The maximum absolute atomic E-state index is 13.1. The van der Waals surface area contributed by atoms with Gasteiger partial charge < -0.3 is 14.8 Å². The highest BCUT2D eigenvalue weighted by atomic mass is 16.2. The predicted octanol–water partition coefficient (Wildman–Crippen LogP) is 1.24. The number of pyridine rings is 1. The van der Waals surface area contributed by atoms with Crippen molar-refractivity contribution in [2.45, 2.75) is 6.92 Å². The molecule has 3 aromatic heterocycles. The highest BCUT2D eigenvalue weighted by molar-refractivity contribution is 6.06. The minimum absolute atomic E-state index is 0.128. The number of carbonyl (C=O) groups is 1. The molecule has 1 amide bonds. The van der Waals surface area contributed by atoms with E-state index in [1.54, 1.807) is 17.2 Å². The van der Waals surface area contributed by atoms with Crippen LogP contribution in [-0.2, 0) is 0 Å². The third-order valence-corrected chi connectivity index (χ3v) is 5.33. The number of nitrogens with zero attached hydrogens (tertiary/aromatic N) is 6. The Balaban J connectivity index is 1.40. The summed E-state index contributed by atoms with van der Waals surface area (Å²) >= 11 is 0. The van der Waals surface area contributed by atoms with Crippen molar-refractivity contribution in [3.05, 3.63) is 64.5 Å². The number of fused-ring (bicyclic) bond motifs is 2. The zero-order valence-corrected chi connectivity index (χ0v) is 15.9. The number of aromatic amines is 1. The normalized spacial score (nSPS) is 14.7. The molecule has 0 atom stereocenters. The number of para-hydroxylation sites is 1. The number of carbonyl (C=O) groups excluding carboxylic acids is 1. The Morgan fingerprint density at radius 1 is 1.10 bits per heavy atom. The van der Waals surface area contributed by atoms with E-state index in [9.17, 15) is 9.59 Å². The quantitative estimate of drug-likeness (QED) is 0.554. The van der Waals surface area contributed by atoms with Crippen molar-refractivity contribution in [1.29, 1.82) is 0 Å². The summed E-state index contributed by atoms with van der Waals surface area (Å²) in [5.41, 5.74) is 1.54. The van der Waals surface area contributed by atoms with E-state index in [-0.39, 0.29) is 11.5 Å². The van der Waals surface area contributed by atoms with E-state index in [1.807, 2.05) is 35.7 Å². The van der Waals surface area contributed by atoms with Gasteiger partial charge in [-0.3, -0.25) is 14.0 Å². The first-order chi connectivity index (χ1) is 14.1. The number of nitrogens with one attached hydrogen (secondary N) is 1. The van der Waals surface area contributed by atoms with E-state index in [1.165, 1.54) is 6.07 Å². The number of amides is 1. The molecule has 1 aromatic carbocycles. The topological polar surface area (TPSA) is 99.5 Å². The van der Waals surface area contributed by atoms with Crippen LogP contribution >= 0.6 is 0 Å². The smallest absolute Gasteiger partial charge is 0.254 e. The van der Waals surface area contributed by atoms with Crippen molar-refractivity contribution in [1.82, 2.24) is 29.5 Å². The summed E-state index contributed by atoms with van der Waals surface area (Å²) in [5.74, 6) is 1.44. The highest BCUT2D eigenvalue weighted by Crippen LogP contribution is 2.21. The lowest BCUT2D eigenvalue weighted by molar-refractivity contribution is 0.0748. The molecule has 9 heteroatoms. The van der Waals surface area contributed by atoms with Crippen LogP contribution in [0.25, 0.3) is 16.6 Å². The summed E-state index contributed by atoms with van der Waals surface area (Å²) in [6.45, 7) is 4.23. The summed E-state index contributed by atoms with van der Waals surface area (Å²) in [5, 5.41) is 9.10.